The second-order valence-corrected chi connectivity index (χ2v) is 15.6. The zero-order valence-corrected chi connectivity index (χ0v) is 31.0. The van der Waals surface area contributed by atoms with E-state index in [2.05, 4.69) is 215 Å². The minimum atomic E-state index is -0.397. The highest BCUT2D eigenvalue weighted by Crippen LogP contribution is 2.63. The van der Waals surface area contributed by atoms with E-state index in [1.165, 1.54) is 111 Å². The Bertz CT molecular complexity index is 3410. The topological polar surface area (TPSA) is 9.86 Å². The number of nitrogens with zero attached hydrogens (tertiary/aromatic N) is 2. The number of para-hydroxylation sites is 3. The van der Waals surface area contributed by atoms with E-state index in [1.807, 2.05) is 0 Å². The van der Waals surface area contributed by atoms with Crippen molar-refractivity contribution in [3.8, 4) is 44.8 Å². The minimum Gasteiger partial charge on any atom is -0.309 e. The van der Waals surface area contributed by atoms with Crippen molar-refractivity contribution in [1.82, 2.24) is 9.13 Å². The maximum absolute atomic E-state index is 2.50. The summed E-state index contributed by atoms with van der Waals surface area (Å²) >= 11 is 0. The van der Waals surface area contributed by atoms with E-state index in [9.17, 15) is 0 Å². The van der Waals surface area contributed by atoms with Crippen LogP contribution in [-0.2, 0) is 5.41 Å². The van der Waals surface area contributed by atoms with Gasteiger partial charge in [-0.2, -0.15) is 0 Å². The molecule has 0 saturated heterocycles. The van der Waals surface area contributed by atoms with Crippen LogP contribution in [0.3, 0.4) is 0 Å². The van der Waals surface area contributed by atoms with Crippen molar-refractivity contribution in [3.05, 3.63) is 229 Å². The van der Waals surface area contributed by atoms with E-state index in [0.29, 0.717) is 0 Å². The predicted octanol–water partition coefficient (Wildman–Crippen LogP) is 13.9. The fourth-order valence-corrected chi connectivity index (χ4v) is 10.7. The molecule has 264 valence electrons. The molecular formula is C55H34N2. The van der Waals surface area contributed by atoms with E-state index < -0.39 is 5.41 Å². The number of hydrogen-bond acceptors (Lipinski definition) is 0. The second kappa shape index (κ2) is 11.3. The molecular weight excluding hydrogens is 689 g/mol. The summed E-state index contributed by atoms with van der Waals surface area (Å²) < 4.78 is 4.90. The number of aromatic nitrogens is 2. The van der Waals surface area contributed by atoms with Gasteiger partial charge >= 0.3 is 0 Å². The molecule has 2 aromatic heterocycles. The molecule has 0 N–H and O–H groups in total. The van der Waals surface area contributed by atoms with E-state index in [4.69, 9.17) is 0 Å². The highest BCUT2D eigenvalue weighted by molar-refractivity contribution is 6.12. The van der Waals surface area contributed by atoms with Gasteiger partial charge in [-0.25, -0.2) is 0 Å². The van der Waals surface area contributed by atoms with Gasteiger partial charge in [0.05, 0.1) is 27.5 Å². The average molecular weight is 723 g/mol. The maximum atomic E-state index is 2.50. The van der Waals surface area contributed by atoms with Gasteiger partial charge in [-0.15, -0.1) is 0 Å². The molecule has 0 unspecified atom stereocenters. The third kappa shape index (κ3) is 3.99. The molecule has 0 bridgehead atoms. The Morgan fingerprint density at radius 2 is 0.684 bits per heavy atom. The van der Waals surface area contributed by atoms with Crippen molar-refractivity contribution < 1.29 is 0 Å². The van der Waals surface area contributed by atoms with Gasteiger partial charge < -0.3 is 9.13 Å². The van der Waals surface area contributed by atoms with Crippen LogP contribution in [0.2, 0.25) is 0 Å². The molecule has 0 atom stereocenters. The van der Waals surface area contributed by atoms with Crippen molar-refractivity contribution in [2.45, 2.75) is 5.41 Å². The van der Waals surface area contributed by atoms with Crippen LogP contribution in [0.4, 0.5) is 0 Å². The number of hydrogen-bond donors (Lipinski definition) is 0. The lowest BCUT2D eigenvalue weighted by atomic mass is 9.70. The van der Waals surface area contributed by atoms with Gasteiger partial charge in [-0.1, -0.05) is 158 Å². The van der Waals surface area contributed by atoms with Crippen LogP contribution in [0.15, 0.2) is 206 Å². The Morgan fingerprint density at radius 1 is 0.263 bits per heavy atom. The van der Waals surface area contributed by atoms with E-state index in [-0.39, 0.29) is 0 Å². The van der Waals surface area contributed by atoms with Crippen LogP contribution in [0.1, 0.15) is 22.3 Å². The third-order valence-corrected chi connectivity index (χ3v) is 12.9. The van der Waals surface area contributed by atoms with Crippen molar-refractivity contribution in [3.63, 3.8) is 0 Å². The summed E-state index contributed by atoms with van der Waals surface area (Å²) in [7, 11) is 0. The van der Waals surface area contributed by atoms with Gasteiger partial charge in [0.2, 0.25) is 0 Å². The summed E-state index contributed by atoms with van der Waals surface area (Å²) in [6.07, 6.45) is 0. The van der Waals surface area contributed by atoms with Crippen LogP contribution in [0.5, 0.6) is 0 Å². The fourth-order valence-electron chi connectivity index (χ4n) is 10.7. The van der Waals surface area contributed by atoms with E-state index in [0.717, 1.165) is 0 Å². The van der Waals surface area contributed by atoms with E-state index in [1.54, 1.807) is 0 Å². The molecule has 57 heavy (non-hydrogen) atoms. The molecule has 2 nitrogen and oxygen atoms in total. The van der Waals surface area contributed by atoms with Crippen LogP contribution in [-0.4, -0.2) is 9.13 Å². The monoisotopic (exact) mass is 722 g/mol. The molecule has 2 aliphatic carbocycles. The molecule has 13 rings (SSSR count). The van der Waals surface area contributed by atoms with Crippen LogP contribution in [0.25, 0.3) is 88.4 Å². The molecule has 2 heteroatoms. The van der Waals surface area contributed by atoms with Crippen LogP contribution >= 0.6 is 0 Å². The molecule has 1 spiro atoms. The van der Waals surface area contributed by atoms with Gasteiger partial charge in [-0.05, 0) is 104 Å². The van der Waals surface area contributed by atoms with Gasteiger partial charge in [-0.3, -0.25) is 0 Å². The fraction of sp³-hybridized carbons (Fsp3) is 0.0182. The van der Waals surface area contributed by atoms with Gasteiger partial charge in [0, 0.05) is 32.9 Å². The number of rotatable bonds is 3. The summed E-state index contributed by atoms with van der Waals surface area (Å²) in [4.78, 5) is 0. The predicted molar refractivity (Wildman–Crippen MR) is 237 cm³/mol. The van der Waals surface area contributed by atoms with Crippen molar-refractivity contribution in [2.24, 2.45) is 0 Å². The first-order valence-electron chi connectivity index (χ1n) is 19.9. The van der Waals surface area contributed by atoms with Crippen LogP contribution in [0, 0.1) is 0 Å². The molecule has 0 fully saturated rings. The molecule has 0 saturated carbocycles. The highest BCUT2D eigenvalue weighted by Gasteiger charge is 2.51. The Morgan fingerprint density at radius 3 is 1.23 bits per heavy atom. The molecule has 0 radical (unpaired) electrons. The Balaban J connectivity index is 1.06. The summed E-state index contributed by atoms with van der Waals surface area (Å²) in [6.45, 7) is 0. The molecule has 9 aromatic carbocycles. The first-order chi connectivity index (χ1) is 28.3. The zero-order chi connectivity index (χ0) is 37.2. The number of fused-ring (bicyclic) bond motifs is 16. The van der Waals surface area contributed by atoms with Gasteiger partial charge in [0.15, 0.2) is 0 Å². The maximum Gasteiger partial charge on any atom is 0.0726 e. The minimum absolute atomic E-state index is 0.397. The van der Waals surface area contributed by atoms with Gasteiger partial charge in [0.25, 0.3) is 0 Å². The van der Waals surface area contributed by atoms with Crippen molar-refractivity contribution >= 4 is 43.6 Å². The highest BCUT2D eigenvalue weighted by atomic mass is 15.0. The lowest BCUT2D eigenvalue weighted by Gasteiger charge is -2.30. The molecule has 11 aromatic rings. The largest absolute Gasteiger partial charge is 0.309 e. The van der Waals surface area contributed by atoms with Crippen molar-refractivity contribution in [2.75, 3.05) is 0 Å². The van der Waals surface area contributed by atoms with Crippen molar-refractivity contribution in [1.29, 1.82) is 0 Å². The smallest absolute Gasteiger partial charge is 0.0726 e. The zero-order valence-electron chi connectivity index (χ0n) is 31.0. The number of benzene rings is 9. The van der Waals surface area contributed by atoms with E-state index >= 15 is 0 Å². The summed E-state index contributed by atoms with van der Waals surface area (Å²) in [5.41, 5.74) is 19.9. The molecule has 0 amide bonds. The second-order valence-electron chi connectivity index (χ2n) is 15.6. The molecule has 2 heterocycles. The SMILES string of the molecule is c1ccc(-n2c3ccccc3c3ccc(-c4ccc5c6ccccc6n(-c6ccc7c(c6)C6(c8ccccc8-c8ccccc86)c6ccccc6-7)c5c4)cc32)cc1. The lowest BCUT2D eigenvalue weighted by Crippen LogP contribution is -2.26. The molecule has 2 aliphatic rings. The standard InChI is InChI=1S/C55H34N2/c1-2-14-37(15-3-1)56-51-24-12-7-19-43(51)45-29-26-35(32-53(45)56)36-27-30-46-44-20-8-13-25-52(44)57(54(46)33-36)38-28-31-42-41-18-6-11-23-49(41)55(50(42)34-38)47-21-9-4-16-39(47)40-17-5-10-22-48(40)55/h1-34H. The Hall–Kier alpha value is -7.42. The van der Waals surface area contributed by atoms with Gasteiger partial charge in [0.1, 0.15) is 0 Å². The average Bonchev–Trinajstić information content (AvgIpc) is 3.98. The Labute approximate surface area is 330 Å². The Kier molecular flexibility index (Phi) is 6.13. The normalized spacial score (nSPS) is 13.4. The quantitative estimate of drug-likeness (QED) is 0.172. The summed E-state index contributed by atoms with van der Waals surface area (Å²) in [5, 5.41) is 5.04. The third-order valence-electron chi connectivity index (χ3n) is 12.9. The first-order valence-corrected chi connectivity index (χ1v) is 19.9. The first kappa shape index (κ1) is 30.9. The summed E-state index contributed by atoms with van der Waals surface area (Å²) in [6, 6.07) is 76.8. The lowest BCUT2D eigenvalue weighted by molar-refractivity contribution is 0.792. The summed E-state index contributed by atoms with van der Waals surface area (Å²) in [5.74, 6) is 0. The molecule has 0 aliphatic heterocycles. The van der Waals surface area contributed by atoms with Crippen LogP contribution < -0.4 is 0 Å².